The third-order valence-corrected chi connectivity index (χ3v) is 11.5. The Labute approximate surface area is 419 Å². The van der Waals surface area contributed by atoms with Crippen molar-refractivity contribution in [3.8, 4) is 0 Å². The van der Waals surface area contributed by atoms with Crippen LogP contribution in [0.3, 0.4) is 0 Å². The summed E-state index contributed by atoms with van der Waals surface area (Å²) in [5, 5.41) is 0. The lowest BCUT2D eigenvalue weighted by Crippen LogP contribution is -2.30. The van der Waals surface area contributed by atoms with Crippen molar-refractivity contribution in [2.75, 3.05) is 13.2 Å². The molecule has 0 fully saturated rings. The van der Waals surface area contributed by atoms with Crippen LogP contribution in [-0.2, 0) is 28.6 Å². The van der Waals surface area contributed by atoms with Gasteiger partial charge in [-0.15, -0.1) is 0 Å². The smallest absolute Gasteiger partial charge is 0.306 e. The molecule has 0 aromatic carbocycles. The molecule has 0 radical (unpaired) electrons. The monoisotopic (exact) mass is 943 g/mol. The predicted molar refractivity (Wildman–Crippen MR) is 293 cm³/mol. The molecule has 0 bridgehead atoms. The zero-order valence-corrected chi connectivity index (χ0v) is 44.1. The fourth-order valence-corrected chi connectivity index (χ4v) is 7.32. The van der Waals surface area contributed by atoms with Crippen LogP contribution in [-0.4, -0.2) is 37.2 Å². The highest BCUT2D eigenvalue weighted by molar-refractivity contribution is 5.71. The number of carbonyl (C=O) groups excluding carboxylic acids is 3. The molecule has 0 aliphatic heterocycles. The number of allylic oxidation sites excluding steroid dienone is 18. The highest BCUT2D eigenvalue weighted by Gasteiger charge is 2.19. The molecule has 0 amide bonds. The molecule has 0 saturated carbocycles. The Morgan fingerprint density at radius 3 is 0.985 bits per heavy atom. The zero-order valence-electron chi connectivity index (χ0n) is 44.1. The first-order valence-corrected chi connectivity index (χ1v) is 27.9. The minimum absolute atomic E-state index is 0.110. The van der Waals surface area contributed by atoms with Gasteiger partial charge >= 0.3 is 17.9 Å². The molecule has 0 aliphatic rings. The van der Waals surface area contributed by atoms with Gasteiger partial charge in [-0.25, -0.2) is 0 Å². The lowest BCUT2D eigenvalue weighted by atomic mass is 10.1. The van der Waals surface area contributed by atoms with Crippen LogP contribution in [0.5, 0.6) is 0 Å². The van der Waals surface area contributed by atoms with Crippen molar-refractivity contribution in [3.05, 3.63) is 109 Å². The molecule has 6 nitrogen and oxygen atoms in total. The number of carbonyl (C=O) groups is 3. The number of rotatable bonds is 49. The first-order chi connectivity index (χ1) is 33.5. The second kappa shape index (κ2) is 55.7. The maximum Gasteiger partial charge on any atom is 0.306 e. The van der Waals surface area contributed by atoms with Gasteiger partial charge in [0, 0.05) is 19.3 Å². The van der Waals surface area contributed by atoms with E-state index >= 15 is 0 Å². The van der Waals surface area contributed by atoms with Crippen molar-refractivity contribution in [2.45, 2.75) is 252 Å². The van der Waals surface area contributed by atoms with E-state index in [1.54, 1.807) is 0 Å². The Kier molecular flexibility index (Phi) is 52.4. The summed E-state index contributed by atoms with van der Waals surface area (Å²) in [6, 6.07) is 0. The third kappa shape index (κ3) is 53.0. The van der Waals surface area contributed by atoms with Gasteiger partial charge in [0.05, 0.1) is 0 Å². The van der Waals surface area contributed by atoms with Crippen molar-refractivity contribution in [1.82, 2.24) is 0 Å². The van der Waals surface area contributed by atoms with E-state index in [4.69, 9.17) is 14.2 Å². The molecule has 1 unspecified atom stereocenters. The summed E-state index contributed by atoms with van der Waals surface area (Å²) >= 11 is 0. The lowest BCUT2D eigenvalue weighted by Gasteiger charge is -2.18. The van der Waals surface area contributed by atoms with Crippen molar-refractivity contribution >= 4 is 17.9 Å². The summed E-state index contributed by atoms with van der Waals surface area (Å²) < 4.78 is 16.8. The van der Waals surface area contributed by atoms with E-state index in [2.05, 4.69) is 124 Å². The average Bonchev–Trinajstić information content (AvgIpc) is 3.34. The van der Waals surface area contributed by atoms with Crippen LogP contribution in [0.1, 0.15) is 245 Å². The fourth-order valence-electron chi connectivity index (χ4n) is 7.32. The molecular weight excluding hydrogens is 841 g/mol. The van der Waals surface area contributed by atoms with Gasteiger partial charge in [-0.3, -0.25) is 14.4 Å². The Hall–Kier alpha value is -3.93. The number of hydrogen-bond donors (Lipinski definition) is 0. The van der Waals surface area contributed by atoms with E-state index in [1.165, 1.54) is 103 Å². The standard InChI is InChI=1S/C62H102O6/c1-4-7-10-13-16-19-22-25-28-31-34-37-40-43-46-49-52-55-61(64)67-58-59(57-66-60(63)54-51-48-45-42-39-36-33-30-27-24-21-18-15-12-9-6-3)68-62(65)56-53-50-47-44-41-38-35-32-29-26-23-20-17-14-11-8-5-2/h9,12,16-21,25-30,36,39,45,48,59H,4-8,10-11,13-15,22-24,31-35,37-38,40-44,46-47,49-58H2,1-3H3/b12-9-,19-16-,20-17-,21-18-,28-25-,29-26-,30-27-,39-36-,48-45-. The molecule has 68 heavy (non-hydrogen) atoms. The van der Waals surface area contributed by atoms with Crippen LogP contribution in [0, 0.1) is 0 Å². The van der Waals surface area contributed by atoms with E-state index < -0.39 is 6.10 Å². The van der Waals surface area contributed by atoms with Gasteiger partial charge < -0.3 is 14.2 Å². The van der Waals surface area contributed by atoms with E-state index in [9.17, 15) is 14.4 Å². The van der Waals surface area contributed by atoms with Crippen molar-refractivity contribution in [3.63, 3.8) is 0 Å². The maximum atomic E-state index is 12.8. The van der Waals surface area contributed by atoms with E-state index in [-0.39, 0.29) is 37.5 Å². The van der Waals surface area contributed by atoms with Crippen LogP contribution in [0.15, 0.2) is 109 Å². The Morgan fingerprint density at radius 1 is 0.309 bits per heavy atom. The number of unbranched alkanes of at least 4 members (excludes halogenated alkanes) is 20. The second-order valence-electron chi connectivity index (χ2n) is 18.1. The lowest BCUT2D eigenvalue weighted by molar-refractivity contribution is -0.166. The Bertz CT molecular complexity index is 1410. The molecule has 0 spiro atoms. The average molecular weight is 943 g/mol. The zero-order chi connectivity index (χ0) is 49.3. The molecule has 0 rings (SSSR count). The third-order valence-electron chi connectivity index (χ3n) is 11.5. The van der Waals surface area contributed by atoms with Crippen LogP contribution in [0.4, 0.5) is 0 Å². The molecular formula is C62H102O6. The number of ether oxygens (including phenoxy) is 3. The van der Waals surface area contributed by atoms with Gasteiger partial charge in [0.15, 0.2) is 6.10 Å². The largest absolute Gasteiger partial charge is 0.462 e. The molecule has 0 aromatic rings. The van der Waals surface area contributed by atoms with Gasteiger partial charge in [0.25, 0.3) is 0 Å². The highest BCUT2D eigenvalue weighted by Crippen LogP contribution is 2.14. The van der Waals surface area contributed by atoms with E-state index in [0.717, 1.165) is 96.3 Å². The second-order valence-corrected chi connectivity index (χ2v) is 18.1. The van der Waals surface area contributed by atoms with Gasteiger partial charge in [-0.2, -0.15) is 0 Å². The van der Waals surface area contributed by atoms with Crippen molar-refractivity contribution < 1.29 is 28.6 Å². The maximum absolute atomic E-state index is 12.8. The summed E-state index contributed by atoms with van der Waals surface area (Å²) in [7, 11) is 0. The van der Waals surface area contributed by atoms with Gasteiger partial charge in [0.2, 0.25) is 0 Å². The van der Waals surface area contributed by atoms with Crippen molar-refractivity contribution in [1.29, 1.82) is 0 Å². The minimum Gasteiger partial charge on any atom is -0.462 e. The molecule has 0 aliphatic carbocycles. The van der Waals surface area contributed by atoms with Gasteiger partial charge in [-0.05, 0) is 116 Å². The summed E-state index contributed by atoms with van der Waals surface area (Å²) in [6.07, 6.45) is 75.1. The summed E-state index contributed by atoms with van der Waals surface area (Å²) in [5.41, 5.74) is 0. The summed E-state index contributed by atoms with van der Waals surface area (Å²) in [6.45, 7) is 6.39. The summed E-state index contributed by atoms with van der Waals surface area (Å²) in [5.74, 6) is -1.01. The summed E-state index contributed by atoms with van der Waals surface area (Å²) in [4.78, 5) is 38.1. The van der Waals surface area contributed by atoms with Gasteiger partial charge in [0.1, 0.15) is 13.2 Å². The number of esters is 3. The van der Waals surface area contributed by atoms with Crippen LogP contribution in [0.25, 0.3) is 0 Å². The molecule has 0 heterocycles. The van der Waals surface area contributed by atoms with E-state index in [0.29, 0.717) is 19.3 Å². The first kappa shape index (κ1) is 64.1. The molecule has 386 valence electrons. The minimum atomic E-state index is -0.818. The quantitative estimate of drug-likeness (QED) is 0.0262. The van der Waals surface area contributed by atoms with Crippen LogP contribution >= 0.6 is 0 Å². The predicted octanol–water partition coefficient (Wildman–Crippen LogP) is 18.7. The van der Waals surface area contributed by atoms with E-state index in [1.807, 2.05) is 6.08 Å². The fraction of sp³-hybridized carbons (Fsp3) is 0.661. The molecule has 0 saturated heterocycles. The molecule has 1 atom stereocenters. The Morgan fingerprint density at radius 2 is 0.603 bits per heavy atom. The van der Waals surface area contributed by atoms with Crippen LogP contribution in [0.2, 0.25) is 0 Å². The first-order valence-electron chi connectivity index (χ1n) is 27.9. The normalized spacial score (nSPS) is 12.9. The molecule has 0 N–H and O–H groups in total. The SMILES string of the molecule is CC/C=C\C/C=C\C/C=C\C/C=C\C/C=C\CCC(=O)OCC(COC(=O)CCCCCCCCC/C=C\C/C=C\CCCCC)OC(=O)CCCCCCCCC/C=C\C/C=C\CCCCC. The highest BCUT2D eigenvalue weighted by atomic mass is 16.6. The number of hydrogen-bond acceptors (Lipinski definition) is 6. The Balaban J connectivity index is 4.52. The molecule has 0 aromatic heterocycles. The molecule has 6 heteroatoms. The van der Waals surface area contributed by atoms with Crippen LogP contribution < -0.4 is 0 Å². The topological polar surface area (TPSA) is 78.9 Å². The van der Waals surface area contributed by atoms with Crippen molar-refractivity contribution in [2.24, 2.45) is 0 Å². The van der Waals surface area contributed by atoms with Gasteiger partial charge in [-0.1, -0.05) is 220 Å².